The normalized spacial score (nSPS) is 12.5. The van der Waals surface area contributed by atoms with Crippen LogP contribution in [0.3, 0.4) is 0 Å². The molecule has 1 unspecified atom stereocenters. The first kappa shape index (κ1) is 13.8. The lowest BCUT2D eigenvalue weighted by atomic mass is 10.1. The first-order chi connectivity index (χ1) is 8.88. The number of rotatable bonds is 3. The number of halogens is 1. The standard InChI is InChI=1S/C14H18FN3S/c1-7-5-13(12(16)6-11(7)15)18-9(3)14-8(2)17-10(4)19-14/h5-6,9,18H,16H2,1-4H3. The second-order valence-corrected chi connectivity index (χ2v) is 5.97. The van der Waals surface area contributed by atoms with E-state index in [4.69, 9.17) is 5.73 Å². The zero-order valence-corrected chi connectivity index (χ0v) is 12.4. The summed E-state index contributed by atoms with van der Waals surface area (Å²) in [5.41, 5.74) is 8.64. The van der Waals surface area contributed by atoms with E-state index < -0.39 is 0 Å². The van der Waals surface area contributed by atoms with Gasteiger partial charge in [0.1, 0.15) is 5.82 Å². The van der Waals surface area contributed by atoms with Gasteiger partial charge in [0.15, 0.2) is 0 Å². The average molecular weight is 279 g/mol. The molecule has 2 aromatic rings. The van der Waals surface area contributed by atoms with Crippen molar-refractivity contribution < 1.29 is 4.39 Å². The van der Waals surface area contributed by atoms with Crippen LogP contribution in [0, 0.1) is 26.6 Å². The number of nitrogens with one attached hydrogen (secondary N) is 1. The van der Waals surface area contributed by atoms with Gasteiger partial charge in [0.25, 0.3) is 0 Å². The van der Waals surface area contributed by atoms with E-state index in [2.05, 4.69) is 17.2 Å². The largest absolute Gasteiger partial charge is 0.397 e. The Balaban J connectivity index is 2.26. The van der Waals surface area contributed by atoms with E-state index in [9.17, 15) is 4.39 Å². The van der Waals surface area contributed by atoms with Crippen LogP contribution in [0.1, 0.15) is 34.1 Å². The van der Waals surface area contributed by atoms with Gasteiger partial charge in [-0.25, -0.2) is 9.37 Å². The van der Waals surface area contributed by atoms with Gasteiger partial charge in [-0.3, -0.25) is 0 Å². The molecule has 0 saturated heterocycles. The second kappa shape index (κ2) is 5.17. The second-order valence-electron chi connectivity index (χ2n) is 4.74. The zero-order valence-electron chi connectivity index (χ0n) is 11.5. The number of nitrogen functional groups attached to an aromatic ring is 1. The first-order valence-electron chi connectivity index (χ1n) is 6.14. The van der Waals surface area contributed by atoms with E-state index in [0.717, 1.165) is 16.4 Å². The number of aryl methyl sites for hydroxylation is 3. The molecule has 3 nitrogen and oxygen atoms in total. The van der Waals surface area contributed by atoms with Gasteiger partial charge in [-0.05, 0) is 45.4 Å². The van der Waals surface area contributed by atoms with Gasteiger partial charge >= 0.3 is 0 Å². The van der Waals surface area contributed by atoms with Gasteiger partial charge in [0, 0.05) is 4.88 Å². The molecular formula is C14H18FN3S. The molecule has 0 aliphatic rings. The lowest BCUT2D eigenvalue weighted by Crippen LogP contribution is -2.09. The first-order valence-corrected chi connectivity index (χ1v) is 6.96. The predicted octanol–water partition coefficient (Wildman–Crippen LogP) is 3.96. The Morgan fingerprint density at radius 2 is 2.00 bits per heavy atom. The van der Waals surface area contributed by atoms with Crippen molar-refractivity contribution in [1.29, 1.82) is 0 Å². The van der Waals surface area contributed by atoms with Crippen LogP contribution in [0.4, 0.5) is 15.8 Å². The van der Waals surface area contributed by atoms with Gasteiger partial charge < -0.3 is 11.1 Å². The van der Waals surface area contributed by atoms with E-state index in [1.165, 1.54) is 10.9 Å². The maximum absolute atomic E-state index is 13.4. The molecule has 1 aromatic heterocycles. The maximum atomic E-state index is 13.4. The van der Waals surface area contributed by atoms with Crippen LogP contribution in [-0.4, -0.2) is 4.98 Å². The smallest absolute Gasteiger partial charge is 0.128 e. The SMILES string of the molecule is Cc1nc(C)c(C(C)Nc2cc(C)c(F)cc2N)s1. The van der Waals surface area contributed by atoms with Gasteiger partial charge in [-0.1, -0.05) is 0 Å². The third kappa shape index (κ3) is 2.87. The van der Waals surface area contributed by atoms with Crippen molar-refractivity contribution in [3.63, 3.8) is 0 Å². The van der Waals surface area contributed by atoms with Crippen LogP contribution in [-0.2, 0) is 0 Å². The Labute approximate surface area is 116 Å². The Morgan fingerprint density at radius 1 is 1.32 bits per heavy atom. The molecule has 1 aromatic carbocycles. The Morgan fingerprint density at radius 3 is 2.58 bits per heavy atom. The summed E-state index contributed by atoms with van der Waals surface area (Å²) in [5, 5.41) is 4.37. The summed E-state index contributed by atoms with van der Waals surface area (Å²) in [5.74, 6) is -0.277. The molecule has 5 heteroatoms. The molecule has 0 radical (unpaired) electrons. The minimum absolute atomic E-state index is 0.0957. The monoisotopic (exact) mass is 279 g/mol. The lowest BCUT2D eigenvalue weighted by Gasteiger charge is -2.17. The molecule has 1 heterocycles. The molecule has 0 fully saturated rings. The van der Waals surface area contributed by atoms with Crippen LogP contribution >= 0.6 is 11.3 Å². The topological polar surface area (TPSA) is 50.9 Å². The third-order valence-electron chi connectivity index (χ3n) is 3.04. The summed E-state index contributed by atoms with van der Waals surface area (Å²) in [6.07, 6.45) is 0. The van der Waals surface area contributed by atoms with Gasteiger partial charge in [0.2, 0.25) is 0 Å². The van der Waals surface area contributed by atoms with E-state index in [1.807, 2.05) is 13.8 Å². The number of hydrogen-bond donors (Lipinski definition) is 2. The van der Waals surface area contributed by atoms with Crippen LogP contribution in [0.15, 0.2) is 12.1 Å². The van der Waals surface area contributed by atoms with Crippen molar-refractivity contribution in [1.82, 2.24) is 4.98 Å². The number of anilines is 2. The molecular weight excluding hydrogens is 261 g/mol. The van der Waals surface area contributed by atoms with Crippen molar-refractivity contribution in [3.8, 4) is 0 Å². The molecule has 102 valence electrons. The van der Waals surface area contributed by atoms with E-state index in [1.54, 1.807) is 24.3 Å². The predicted molar refractivity (Wildman–Crippen MR) is 79.2 cm³/mol. The highest BCUT2D eigenvalue weighted by atomic mass is 32.1. The van der Waals surface area contributed by atoms with Gasteiger partial charge in [-0.2, -0.15) is 0 Å². The minimum atomic E-state index is -0.277. The molecule has 2 rings (SSSR count). The number of thiazole rings is 1. The van der Waals surface area contributed by atoms with E-state index >= 15 is 0 Å². The molecule has 0 saturated carbocycles. The van der Waals surface area contributed by atoms with Crippen molar-refractivity contribution in [2.24, 2.45) is 0 Å². The summed E-state index contributed by atoms with van der Waals surface area (Å²) in [7, 11) is 0. The van der Waals surface area contributed by atoms with Crippen LogP contribution in [0.5, 0.6) is 0 Å². The third-order valence-corrected chi connectivity index (χ3v) is 4.29. The fourth-order valence-corrected chi connectivity index (χ4v) is 3.00. The molecule has 1 atom stereocenters. The van der Waals surface area contributed by atoms with Gasteiger partial charge in [-0.15, -0.1) is 11.3 Å². The van der Waals surface area contributed by atoms with Gasteiger partial charge in [0.05, 0.1) is 28.1 Å². The lowest BCUT2D eigenvalue weighted by molar-refractivity contribution is 0.619. The Bertz CT molecular complexity index is 607. The fraction of sp³-hybridized carbons (Fsp3) is 0.357. The van der Waals surface area contributed by atoms with Crippen LogP contribution in [0.25, 0.3) is 0 Å². The number of nitrogens with two attached hydrogens (primary N) is 1. The highest BCUT2D eigenvalue weighted by Crippen LogP contribution is 2.30. The van der Waals surface area contributed by atoms with Crippen molar-refractivity contribution in [2.75, 3.05) is 11.1 Å². The maximum Gasteiger partial charge on any atom is 0.128 e. The zero-order chi connectivity index (χ0) is 14.2. The molecule has 0 bridgehead atoms. The molecule has 0 aliphatic carbocycles. The van der Waals surface area contributed by atoms with E-state index in [0.29, 0.717) is 11.3 Å². The highest BCUT2D eigenvalue weighted by Gasteiger charge is 2.14. The number of hydrogen-bond acceptors (Lipinski definition) is 4. The highest BCUT2D eigenvalue weighted by molar-refractivity contribution is 7.11. The van der Waals surface area contributed by atoms with Crippen molar-refractivity contribution in [2.45, 2.75) is 33.7 Å². The summed E-state index contributed by atoms with van der Waals surface area (Å²) >= 11 is 1.67. The Kier molecular flexibility index (Phi) is 3.75. The number of nitrogens with zero attached hydrogens (tertiary/aromatic N) is 1. The number of aromatic nitrogens is 1. The fourth-order valence-electron chi connectivity index (χ4n) is 2.07. The van der Waals surface area contributed by atoms with Crippen LogP contribution < -0.4 is 11.1 Å². The summed E-state index contributed by atoms with van der Waals surface area (Å²) < 4.78 is 13.4. The molecule has 0 aliphatic heterocycles. The minimum Gasteiger partial charge on any atom is -0.397 e. The molecule has 0 spiro atoms. The molecule has 19 heavy (non-hydrogen) atoms. The summed E-state index contributed by atoms with van der Waals surface area (Å²) in [4.78, 5) is 5.59. The average Bonchev–Trinajstić information content (AvgIpc) is 2.65. The summed E-state index contributed by atoms with van der Waals surface area (Å²) in [6, 6.07) is 3.19. The van der Waals surface area contributed by atoms with Crippen LogP contribution in [0.2, 0.25) is 0 Å². The molecule has 0 amide bonds. The van der Waals surface area contributed by atoms with Crippen molar-refractivity contribution >= 4 is 22.7 Å². The molecule has 3 N–H and O–H groups in total. The van der Waals surface area contributed by atoms with Crippen molar-refractivity contribution in [3.05, 3.63) is 39.1 Å². The quantitative estimate of drug-likeness (QED) is 0.836. The number of benzene rings is 1. The Hall–Kier alpha value is -1.62. The van der Waals surface area contributed by atoms with E-state index in [-0.39, 0.29) is 11.9 Å². The summed E-state index contributed by atoms with van der Waals surface area (Å²) in [6.45, 7) is 7.77.